The van der Waals surface area contributed by atoms with Gasteiger partial charge in [0, 0.05) is 51.6 Å². The first-order valence-electron chi connectivity index (χ1n) is 16.0. The molecule has 0 bridgehead atoms. The first-order valence-corrected chi connectivity index (χ1v) is 18.9. The predicted molar refractivity (Wildman–Crippen MR) is 182 cm³/mol. The highest BCUT2D eigenvalue weighted by molar-refractivity contribution is 7.92. The fraction of sp³-hybridized carbons (Fsp3) is 0.515. The normalized spacial score (nSPS) is 20.9. The maximum Gasteiger partial charge on any atom is 0.280 e. The average molecular weight is 706 g/mol. The first kappa shape index (κ1) is 37.3. The Hall–Kier alpha value is -3.50. The van der Waals surface area contributed by atoms with Gasteiger partial charge in [-0.3, -0.25) is 9.52 Å². The average Bonchev–Trinajstić information content (AvgIpc) is 3.49. The van der Waals surface area contributed by atoms with E-state index in [-0.39, 0.29) is 58.6 Å². The summed E-state index contributed by atoms with van der Waals surface area (Å²) in [4.78, 5) is 19.9. The molecule has 15 heteroatoms. The van der Waals surface area contributed by atoms with E-state index in [9.17, 15) is 26.7 Å². The van der Waals surface area contributed by atoms with Gasteiger partial charge in [-0.2, -0.15) is 12.7 Å². The van der Waals surface area contributed by atoms with Crippen LogP contribution in [0.15, 0.2) is 64.9 Å². The number of likely N-dealkylation sites (N-methyl/N-ethyl adjacent to an activating group) is 1. The molecule has 1 aliphatic heterocycles. The van der Waals surface area contributed by atoms with E-state index in [1.165, 1.54) is 45.5 Å². The number of anilines is 1. The molecule has 1 aromatic heterocycles. The molecule has 1 amide bonds. The third kappa shape index (κ3) is 9.14. The van der Waals surface area contributed by atoms with Crippen LogP contribution in [0.25, 0.3) is 0 Å². The molecule has 1 aliphatic rings. The number of nitrogens with one attached hydrogen (secondary N) is 1. The molecule has 13 nitrogen and oxygen atoms in total. The van der Waals surface area contributed by atoms with E-state index in [0.717, 1.165) is 12.0 Å². The number of hydrogen-bond acceptors (Lipinski definition) is 9. The number of aliphatic hydroxyl groups is 1. The lowest BCUT2D eigenvalue weighted by Gasteiger charge is -2.35. The summed E-state index contributed by atoms with van der Waals surface area (Å²) < 4.78 is 70.8. The molecule has 2 heterocycles. The molecule has 0 fully saturated rings. The van der Waals surface area contributed by atoms with Crippen molar-refractivity contribution in [2.24, 2.45) is 13.0 Å². The summed E-state index contributed by atoms with van der Waals surface area (Å²) in [5.74, 6) is -0.568. The van der Waals surface area contributed by atoms with Crippen molar-refractivity contribution in [1.29, 1.82) is 0 Å². The number of aryl methyl sites for hydroxylation is 2. The van der Waals surface area contributed by atoms with Gasteiger partial charge in [-0.1, -0.05) is 24.6 Å². The summed E-state index contributed by atoms with van der Waals surface area (Å²) in [5.41, 5.74) is 1.20. The van der Waals surface area contributed by atoms with E-state index >= 15 is 0 Å². The number of sulfonamides is 2. The van der Waals surface area contributed by atoms with Crippen molar-refractivity contribution < 1.29 is 36.2 Å². The molecule has 4 rings (SSSR count). The van der Waals surface area contributed by atoms with Gasteiger partial charge < -0.3 is 24.0 Å². The van der Waals surface area contributed by atoms with Crippen molar-refractivity contribution >= 4 is 31.6 Å². The Balaban J connectivity index is 1.67. The van der Waals surface area contributed by atoms with E-state index in [0.29, 0.717) is 19.4 Å². The molecule has 4 atom stereocenters. The summed E-state index contributed by atoms with van der Waals surface area (Å²) in [6.07, 6.45) is 4.01. The minimum atomic E-state index is -4.05. The van der Waals surface area contributed by atoms with Crippen LogP contribution < -0.4 is 9.46 Å². The molecule has 0 spiro atoms. The van der Waals surface area contributed by atoms with Crippen molar-refractivity contribution in [3.05, 3.63) is 66.1 Å². The molecule has 2 aromatic carbocycles. The Kier molecular flexibility index (Phi) is 12.3. The monoisotopic (exact) mass is 705 g/mol. The Morgan fingerprint density at radius 3 is 2.46 bits per heavy atom. The Bertz CT molecular complexity index is 1760. The molecule has 0 aliphatic carbocycles. The summed E-state index contributed by atoms with van der Waals surface area (Å²) in [6, 6.07) is 10.5. The Morgan fingerprint density at radius 1 is 1.10 bits per heavy atom. The topological polar surface area (TPSA) is 160 Å². The maximum absolute atomic E-state index is 14.3. The number of imidazole rings is 1. The van der Waals surface area contributed by atoms with Gasteiger partial charge in [0.2, 0.25) is 10.0 Å². The smallest absolute Gasteiger partial charge is 0.280 e. The highest BCUT2D eigenvalue weighted by atomic mass is 32.2. The van der Waals surface area contributed by atoms with E-state index in [1.54, 1.807) is 44.3 Å². The molecule has 264 valence electrons. The number of rotatable bonds is 9. The number of aliphatic hydroxyl groups excluding tert-OH is 1. The Labute approximate surface area is 284 Å². The molecule has 0 saturated carbocycles. The number of amides is 1. The lowest BCUT2D eigenvalue weighted by molar-refractivity contribution is -0.00833. The lowest BCUT2D eigenvalue weighted by atomic mass is 10.0. The van der Waals surface area contributed by atoms with Crippen LogP contribution in [0.1, 0.15) is 56.0 Å². The second kappa shape index (κ2) is 15.8. The maximum atomic E-state index is 14.3. The number of ether oxygens (including phenoxy) is 2. The van der Waals surface area contributed by atoms with Gasteiger partial charge in [0.25, 0.3) is 15.9 Å². The summed E-state index contributed by atoms with van der Waals surface area (Å²) in [6.45, 7) is 7.56. The molecule has 0 unspecified atom stereocenters. The number of carbonyl (C=O) groups is 1. The number of aromatic nitrogens is 2. The van der Waals surface area contributed by atoms with Gasteiger partial charge in [0.05, 0.1) is 41.6 Å². The largest absolute Gasteiger partial charge is 0.490 e. The third-order valence-electron chi connectivity index (χ3n) is 8.43. The van der Waals surface area contributed by atoms with Crippen LogP contribution in [0.2, 0.25) is 0 Å². The van der Waals surface area contributed by atoms with Gasteiger partial charge in [-0.15, -0.1) is 0 Å². The quantitative estimate of drug-likeness (QED) is 0.339. The zero-order chi connectivity index (χ0) is 35.2. The molecular weight excluding hydrogens is 659 g/mol. The van der Waals surface area contributed by atoms with E-state index < -0.39 is 38.1 Å². The molecule has 3 aromatic rings. The zero-order valence-electron chi connectivity index (χ0n) is 28.4. The van der Waals surface area contributed by atoms with E-state index in [2.05, 4.69) is 9.71 Å². The van der Waals surface area contributed by atoms with Crippen LogP contribution in [-0.2, 0) is 31.8 Å². The fourth-order valence-corrected chi connectivity index (χ4v) is 7.64. The fourth-order valence-electron chi connectivity index (χ4n) is 5.43. The number of carbonyl (C=O) groups excluding carboxylic acids is 1. The lowest BCUT2D eigenvalue weighted by Crippen LogP contribution is -2.48. The van der Waals surface area contributed by atoms with E-state index in [4.69, 9.17) is 9.47 Å². The minimum absolute atomic E-state index is 0.0441. The van der Waals surface area contributed by atoms with Crippen LogP contribution >= 0.6 is 0 Å². The summed E-state index contributed by atoms with van der Waals surface area (Å²) in [5, 5.41) is 10.0. The van der Waals surface area contributed by atoms with Crippen LogP contribution in [-0.4, -0.2) is 98.2 Å². The molecule has 0 saturated heterocycles. The van der Waals surface area contributed by atoms with Gasteiger partial charge in [0.15, 0.2) is 5.03 Å². The number of hydrogen-bond donors (Lipinski definition) is 2. The van der Waals surface area contributed by atoms with Crippen LogP contribution in [0.4, 0.5) is 5.69 Å². The Morgan fingerprint density at radius 2 is 1.81 bits per heavy atom. The van der Waals surface area contributed by atoms with Gasteiger partial charge in [0.1, 0.15) is 5.75 Å². The molecule has 2 N–H and O–H groups in total. The van der Waals surface area contributed by atoms with Crippen molar-refractivity contribution in [3.63, 3.8) is 0 Å². The second-order valence-electron chi connectivity index (χ2n) is 12.6. The van der Waals surface area contributed by atoms with Crippen LogP contribution in [0, 0.1) is 12.8 Å². The van der Waals surface area contributed by atoms with Crippen molar-refractivity contribution in [2.45, 2.75) is 75.1 Å². The van der Waals surface area contributed by atoms with Crippen LogP contribution in [0.5, 0.6) is 5.75 Å². The predicted octanol–water partition coefficient (Wildman–Crippen LogP) is 3.65. The number of benzene rings is 2. The standard InChI is InChI=1S/C33H47N5O8S2/c1-23-10-13-28(14-11-23)48(43,44)37(6)19-31-24(2)18-38(25(3)21-39)33(40)29-17-27(35-47(41,42)32-20-36(5)22-34-32)12-15-30(29)46-26(4)9-7-8-16-45-31/h10-15,17,20,22,24-26,31,35,39H,7-9,16,18-19,21H2,1-6H3/t24-,25+,26-,31+/m1/s1. The van der Waals surface area contributed by atoms with Crippen molar-refractivity contribution in [1.82, 2.24) is 18.8 Å². The third-order valence-corrected chi connectivity index (χ3v) is 11.5. The zero-order valence-corrected chi connectivity index (χ0v) is 30.0. The first-order chi connectivity index (χ1) is 22.6. The van der Waals surface area contributed by atoms with Gasteiger partial charge >= 0.3 is 0 Å². The highest BCUT2D eigenvalue weighted by Gasteiger charge is 2.32. The van der Waals surface area contributed by atoms with Crippen molar-refractivity contribution in [3.8, 4) is 5.75 Å². The SMILES string of the molecule is Cc1ccc(S(=O)(=O)N(C)C[C@@H]2OCCCC[C@@H](C)Oc3ccc(NS(=O)(=O)c4cn(C)cn4)cc3C(=O)N([C@@H](C)CO)C[C@H]2C)cc1. The molecular formula is C33H47N5O8S2. The van der Waals surface area contributed by atoms with Crippen LogP contribution in [0.3, 0.4) is 0 Å². The van der Waals surface area contributed by atoms with Crippen molar-refractivity contribution in [2.75, 3.05) is 38.1 Å². The summed E-state index contributed by atoms with van der Waals surface area (Å²) in [7, 11) is -4.70. The minimum Gasteiger partial charge on any atom is -0.490 e. The van der Waals surface area contributed by atoms with Gasteiger partial charge in [-0.05, 0) is 70.4 Å². The summed E-state index contributed by atoms with van der Waals surface area (Å²) >= 11 is 0. The second-order valence-corrected chi connectivity index (χ2v) is 16.3. The molecule has 0 radical (unpaired) electrons. The van der Waals surface area contributed by atoms with Gasteiger partial charge in [-0.25, -0.2) is 13.4 Å². The number of nitrogens with zero attached hydrogens (tertiary/aromatic N) is 4. The highest BCUT2D eigenvalue weighted by Crippen LogP contribution is 2.29. The van der Waals surface area contributed by atoms with E-state index in [1.807, 2.05) is 20.8 Å². The number of fused-ring (bicyclic) bond motifs is 1. The molecule has 48 heavy (non-hydrogen) atoms.